The lowest BCUT2D eigenvalue weighted by molar-refractivity contribution is 0.164. The molecule has 1 heterocycles. The third-order valence-corrected chi connectivity index (χ3v) is 4.91. The molecule has 17 heavy (non-hydrogen) atoms. The Balaban J connectivity index is 2.51. The van der Waals surface area contributed by atoms with Crippen molar-refractivity contribution >= 4 is 27.3 Å². The van der Waals surface area contributed by atoms with Crippen molar-refractivity contribution in [1.82, 2.24) is 10.2 Å². The molecule has 1 atom stereocenters. The van der Waals surface area contributed by atoms with E-state index < -0.39 is 0 Å². The van der Waals surface area contributed by atoms with Crippen molar-refractivity contribution in [3.63, 3.8) is 0 Å². The third-order valence-electron chi connectivity index (χ3n) is 3.36. The highest BCUT2D eigenvalue weighted by molar-refractivity contribution is 9.11. The van der Waals surface area contributed by atoms with Gasteiger partial charge in [-0.1, -0.05) is 13.8 Å². The number of hydrogen-bond acceptors (Lipinski definition) is 3. The maximum Gasteiger partial charge on any atom is 0.0701 e. The zero-order valence-electron chi connectivity index (χ0n) is 11.4. The average molecular weight is 319 g/mol. The summed E-state index contributed by atoms with van der Waals surface area (Å²) in [5, 5.41) is 5.56. The van der Waals surface area contributed by atoms with E-state index in [-0.39, 0.29) is 5.41 Å². The first-order valence-corrected chi connectivity index (χ1v) is 7.61. The second kappa shape index (κ2) is 6.32. The first-order valence-electron chi connectivity index (χ1n) is 5.94. The smallest absolute Gasteiger partial charge is 0.0701 e. The first-order chi connectivity index (χ1) is 7.85. The summed E-state index contributed by atoms with van der Waals surface area (Å²) >= 11 is 5.26. The van der Waals surface area contributed by atoms with E-state index in [0.29, 0.717) is 6.04 Å². The van der Waals surface area contributed by atoms with Crippen LogP contribution in [0.25, 0.3) is 0 Å². The Bertz CT molecular complexity index is 349. The molecule has 1 rings (SSSR count). The predicted octanol–water partition coefficient (Wildman–Crippen LogP) is 3.58. The molecule has 1 aromatic heterocycles. The Labute approximate surface area is 118 Å². The van der Waals surface area contributed by atoms with Crippen LogP contribution in [0.3, 0.4) is 0 Å². The van der Waals surface area contributed by atoms with Crippen LogP contribution in [0.4, 0.5) is 0 Å². The number of hydrogen-bond donors (Lipinski definition) is 1. The van der Waals surface area contributed by atoms with Gasteiger partial charge in [0.1, 0.15) is 0 Å². The second-order valence-corrected chi connectivity index (χ2v) is 7.72. The molecule has 0 aliphatic rings. The van der Waals surface area contributed by atoms with Crippen molar-refractivity contribution in [3.8, 4) is 0 Å². The Morgan fingerprint density at radius 3 is 2.65 bits per heavy atom. The van der Waals surface area contributed by atoms with Gasteiger partial charge in [-0.15, -0.1) is 11.3 Å². The molecule has 1 unspecified atom stereocenters. The fourth-order valence-corrected chi connectivity index (χ4v) is 3.22. The molecule has 4 heteroatoms. The maximum atomic E-state index is 3.51. The summed E-state index contributed by atoms with van der Waals surface area (Å²) in [7, 11) is 4.22. The fraction of sp³-hybridized carbons (Fsp3) is 0.692. The van der Waals surface area contributed by atoms with E-state index in [4.69, 9.17) is 0 Å². The number of nitrogens with zero attached hydrogens (tertiary/aromatic N) is 1. The summed E-state index contributed by atoms with van der Waals surface area (Å²) in [4.78, 5) is 2.39. The number of thiophene rings is 1. The molecule has 0 radical (unpaired) electrons. The molecule has 2 nitrogen and oxygen atoms in total. The monoisotopic (exact) mass is 318 g/mol. The quantitative estimate of drug-likeness (QED) is 0.862. The Morgan fingerprint density at radius 1 is 1.53 bits per heavy atom. The largest absolute Gasteiger partial charge is 0.317 e. The van der Waals surface area contributed by atoms with E-state index in [1.54, 1.807) is 11.3 Å². The van der Waals surface area contributed by atoms with E-state index in [1.807, 2.05) is 7.05 Å². The molecule has 0 saturated heterocycles. The van der Waals surface area contributed by atoms with E-state index in [1.165, 1.54) is 9.35 Å². The molecule has 1 N–H and O–H groups in total. The highest BCUT2D eigenvalue weighted by atomic mass is 79.9. The average Bonchev–Trinajstić information content (AvgIpc) is 2.61. The minimum Gasteiger partial charge on any atom is -0.317 e. The van der Waals surface area contributed by atoms with Gasteiger partial charge in [-0.25, -0.2) is 0 Å². The van der Waals surface area contributed by atoms with Gasteiger partial charge < -0.3 is 10.2 Å². The molecule has 0 amide bonds. The zero-order chi connectivity index (χ0) is 13.1. The molecule has 0 fully saturated rings. The Hall–Kier alpha value is 0.100. The van der Waals surface area contributed by atoms with Crippen molar-refractivity contribution in [2.75, 3.05) is 20.6 Å². The van der Waals surface area contributed by atoms with Crippen molar-refractivity contribution < 1.29 is 0 Å². The topological polar surface area (TPSA) is 15.3 Å². The van der Waals surface area contributed by atoms with Crippen LogP contribution in [-0.4, -0.2) is 31.6 Å². The number of nitrogens with one attached hydrogen (secondary N) is 1. The molecule has 0 saturated carbocycles. The van der Waals surface area contributed by atoms with Crippen molar-refractivity contribution in [1.29, 1.82) is 0 Å². The Kier molecular flexibility index (Phi) is 5.64. The molecule has 0 aromatic carbocycles. The molecule has 0 bridgehead atoms. The first kappa shape index (κ1) is 15.2. The minimum absolute atomic E-state index is 0.275. The van der Waals surface area contributed by atoms with Crippen LogP contribution >= 0.6 is 27.3 Å². The van der Waals surface area contributed by atoms with Crippen molar-refractivity contribution in [2.24, 2.45) is 5.41 Å². The molecule has 0 aliphatic heterocycles. The zero-order valence-corrected chi connectivity index (χ0v) is 13.8. The summed E-state index contributed by atoms with van der Waals surface area (Å²) in [6, 6.07) is 2.72. The van der Waals surface area contributed by atoms with Gasteiger partial charge in [-0.3, -0.25) is 0 Å². The number of rotatable bonds is 6. The lowest BCUT2D eigenvalue weighted by Crippen LogP contribution is -2.44. The summed E-state index contributed by atoms with van der Waals surface area (Å²) in [6.45, 7) is 8.97. The highest BCUT2D eigenvalue weighted by Crippen LogP contribution is 2.24. The van der Waals surface area contributed by atoms with Crippen molar-refractivity contribution in [3.05, 3.63) is 20.8 Å². The number of halogens is 1. The van der Waals surface area contributed by atoms with Gasteiger partial charge in [-0.05, 0) is 59.4 Å². The normalized spacial score (nSPS) is 14.3. The van der Waals surface area contributed by atoms with Crippen LogP contribution in [0.5, 0.6) is 0 Å². The highest BCUT2D eigenvalue weighted by Gasteiger charge is 2.26. The van der Waals surface area contributed by atoms with E-state index in [9.17, 15) is 0 Å². The summed E-state index contributed by atoms with van der Waals surface area (Å²) < 4.78 is 1.21. The van der Waals surface area contributed by atoms with Crippen LogP contribution in [-0.2, 0) is 6.54 Å². The lowest BCUT2D eigenvalue weighted by atomic mass is 9.85. The molecule has 98 valence electrons. The molecular formula is C13H23BrN2S. The summed E-state index contributed by atoms with van der Waals surface area (Å²) in [6.07, 6.45) is 0. The van der Waals surface area contributed by atoms with Crippen LogP contribution in [0.15, 0.2) is 15.2 Å². The Morgan fingerprint density at radius 2 is 2.18 bits per heavy atom. The SMILES string of the molecule is CNC(C)C(C)(C)CN(C)Cc1csc(Br)c1. The van der Waals surface area contributed by atoms with Crippen LogP contribution in [0.1, 0.15) is 26.3 Å². The van der Waals surface area contributed by atoms with Gasteiger partial charge >= 0.3 is 0 Å². The molecule has 1 aromatic rings. The van der Waals surface area contributed by atoms with Crippen LogP contribution in [0, 0.1) is 5.41 Å². The lowest BCUT2D eigenvalue weighted by Gasteiger charge is -2.35. The van der Waals surface area contributed by atoms with Gasteiger partial charge in [-0.2, -0.15) is 0 Å². The fourth-order valence-electron chi connectivity index (χ4n) is 2.02. The van der Waals surface area contributed by atoms with Crippen LogP contribution in [0.2, 0.25) is 0 Å². The van der Waals surface area contributed by atoms with E-state index in [2.05, 4.69) is 65.4 Å². The summed E-state index contributed by atoms with van der Waals surface area (Å²) in [5.41, 5.74) is 1.66. The summed E-state index contributed by atoms with van der Waals surface area (Å²) in [5.74, 6) is 0. The predicted molar refractivity (Wildman–Crippen MR) is 80.7 cm³/mol. The van der Waals surface area contributed by atoms with Gasteiger partial charge in [0.05, 0.1) is 3.79 Å². The molecule has 0 aliphatic carbocycles. The minimum atomic E-state index is 0.275. The van der Waals surface area contributed by atoms with Crippen molar-refractivity contribution in [2.45, 2.75) is 33.4 Å². The van der Waals surface area contributed by atoms with E-state index in [0.717, 1.165) is 13.1 Å². The van der Waals surface area contributed by atoms with Gasteiger partial charge in [0.25, 0.3) is 0 Å². The molecular weight excluding hydrogens is 296 g/mol. The third kappa shape index (κ3) is 4.70. The van der Waals surface area contributed by atoms with E-state index >= 15 is 0 Å². The standard InChI is InChI=1S/C13H23BrN2S/c1-10(15-4)13(2,3)9-16(5)7-11-6-12(14)17-8-11/h6,8,10,15H,7,9H2,1-5H3. The van der Waals surface area contributed by atoms with Gasteiger partial charge in [0, 0.05) is 19.1 Å². The van der Waals surface area contributed by atoms with Gasteiger partial charge in [0.2, 0.25) is 0 Å². The van der Waals surface area contributed by atoms with Gasteiger partial charge in [0.15, 0.2) is 0 Å². The van der Waals surface area contributed by atoms with Crippen LogP contribution < -0.4 is 5.32 Å². The maximum absolute atomic E-state index is 3.51. The molecule has 0 spiro atoms. The second-order valence-electron chi connectivity index (χ2n) is 5.43.